The van der Waals surface area contributed by atoms with Gasteiger partial charge >= 0.3 is 0 Å². The summed E-state index contributed by atoms with van der Waals surface area (Å²) in [6, 6.07) is 23.8. The molecule has 0 aromatic heterocycles. The molecule has 0 bridgehead atoms. The van der Waals surface area contributed by atoms with E-state index in [2.05, 4.69) is 5.32 Å². The van der Waals surface area contributed by atoms with Crippen LogP contribution in [0.15, 0.2) is 78.9 Å². The smallest absolute Gasteiger partial charge is 0.265 e. The summed E-state index contributed by atoms with van der Waals surface area (Å²) >= 11 is 0. The predicted octanol–water partition coefficient (Wildman–Crippen LogP) is 4.89. The normalized spacial score (nSPS) is 11.3. The molecule has 1 atom stereocenters. The first-order chi connectivity index (χ1) is 13.2. The van der Waals surface area contributed by atoms with E-state index in [0.717, 1.165) is 0 Å². The number of hydrogen-bond donors (Lipinski definition) is 1. The Morgan fingerprint density at radius 1 is 0.852 bits per heavy atom. The SMILES string of the molecule is COc1cccc(O[C@@H](C)C(=O)Nc2ccccc2Oc2ccccc2)c1. The number of para-hydroxylation sites is 3. The van der Waals surface area contributed by atoms with Crippen molar-refractivity contribution in [2.45, 2.75) is 13.0 Å². The molecule has 5 heteroatoms. The van der Waals surface area contributed by atoms with E-state index in [1.807, 2.05) is 54.6 Å². The summed E-state index contributed by atoms with van der Waals surface area (Å²) < 4.78 is 16.8. The molecule has 3 aromatic carbocycles. The van der Waals surface area contributed by atoms with Gasteiger partial charge in [-0.2, -0.15) is 0 Å². The molecule has 138 valence electrons. The highest BCUT2D eigenvalue weighted by Crippen LogP contribution is 2.29. The quantitative estimate of drug-likeness (QED) is 0.649. The second kappa shape index (κ2) is 8.76. The van der Waals surface area contributed by atoms with E-state index >= 15 is 0 Å². The molecule has 3 aromatic rings. The van der Waals surface area contributed by atoms with E-state index in [-0.39, 0.29) is 5.91 Å². The van der Waals surface area contributed by atoms with Gasteiger partial charge in [-0.3, -0.25) is 4.79 Å². The van der Waals surface area contributed by atoms with Gasteiger partial charge in [0.2, 0.25) is 0 Å². The lowest BCUT2D eigenvalue weighted by Gasteiger charge is -2.17. The zero-order valence-corrected chi connectivity index (χ0v) is 15.2. The maximum Gasteiger partial charge on any atom is 0.265 e. The topological polar surface area (TPSA) is 56.8 Å². The molecule has 0 unspecified atom stereocenters. The molecule has 0 spiro atoms. The Hall–Kier alpha value is -3.47. The molecule has 5 nitrogen and oxygen atoms in total. The molecule has 0 aliphatic rings. The second-order valence-corrected chi connectivity index (χ2v) is 5.84. The van der Waals surface area contributed by atoms with Gasteiger partial charge in [0.1, 0.15) is 17.2 Å². The molecule has 0 radical (unpaired) electrons. The van der Waals surface area contributed by atoms with Gasteiger partial charge < -0.3 is 19.5 Å². The van der Waals surface area contributed by atoms with E-state index in [1.165, 1.54) is 0 Å². The number of methoxy groups -OCH3 is 1. The number of benzene rings is 3. The summed E-state index contributed by atoms with van der Waals surface area (Å²) in [7, 11) is 1.58. The minimum Gasteiger partial charge on any atom is -0.497 e. The molecular formula is C22H21NO4. The highest BCUT2D eigenvalue weighted by molar-refractivity contribution is 5.95. The van der Waals surface area contributed by atoms with Crippen LogP contribution in [0, 0.1) is 0 Å². The molecule has 1 amide bonds. The number of carbonyl (C=O) groups excluding carboxylic acids is 1. The number of rotatable bonds is 7. The van der Waals surface area contributed by atoms with Crippen molar-refractivity contribution in [3.8, 4) is 23.0 Å². The van der Waals surface area contributed by atoms with Crippen molar-refractivity contribution in [1.29, 1.82) is 0 Å². The number of carbonyl (C=O) groups is 1. The lowest BCUT2D eigenvalue weighted by molar-refractivity contribution is -0.122. The average molecular weight is 363 g/mol. The zero-order valence-electron chi connectivity index (χ0n) is 15.2. The van der Waals surface area contributed by atoms with Gasteiger partial charge in [-0.25, -0.2) is 0 Å². The monoisotopic (exact) mass is 363 g/mol. The average Bonchev–Trinajstić information content (AvgIpc) is 2.70. The van der Waals surface area contributed by atoms with Crippen LogP contribution in [0.2, 0.25) is 0 Å². The largest absolute Gasteiger partial charge is 0.497 e. The van der Waals surface area contributed by atoms with Crippen LogP contribution in [0.1, 0.15) is 6.92 Å². The summed E-state index contributed by atoms with van der Waals surface area (Å²) in [5.74, 6) is 2.21. The molecular weight excluding hydrogens is 342 g/mol. The summed E-state index contributed by atoms with van der Waals surface area (Å²) in [6.45, 7) is 1.69. The van der Waals surface area contributed by atoms with E-state index in [9.17, 15) is 4.79 Å². The van der Waals surface area contributed by atoms with Gasteiger partial charge in [-0.05, 0) is 43.3 Å². The maximum absolute atomic E-state index is 12.6. The Morgan fingerprint density at radius 3 is 2.30 bits per heavy atom. The van der Waals surface area contributed by atoms with Crippen molar-refractivity contribution in [1.82, 2.24) is 0 Å². The van der Waals surface area contributed by atoms with Crippen LogP contribution < -0.4 is 19.5 Å². The van der Waals surface area contributed by atoms with Crippen LogP contribution in [0.5, 0.6) is 23.0 Å². The van der Waals surface area contributed by atoms with Crippen LogP contribution in [0.3, 0.4) is 0 Å². The van der Waals surface area contributed by atoms with E-state index in [1.54, 1.807) is 38.3 Å². The first-order valence-electron chi connectivity index (χ1n) is 8.59. The number of hydrogen-bond acceptors (Lipinski definition) is 4. The minimum atomic E-state index is -0.693. The molecule has 0 saturated carbocycles. The van der Waals surface area contributed by atoms with E-state index in [0.29, 0.717) is 28.7 Å². The van der Waals surface area contributed by atoms with Gasteiger partial charge in [0.15, 0.2) is 11.9 Å². The van der Waals surface area contributed by atoms with Gasteiger partial charge in [0.25, 0.3) is 5.91 Å². The van der Waals surface area contributed by atoms with Crippen molar-refractivity contribution in [3.63, 3.8) is 0 Å². The Morgan fingerprint density at radius 2 is 1.52 bits per heavy atom. The predicted molar refractivity (Wildman–Crippen MR) is 105 cm³/mol. The zero-order chi connectivity index (χ0) is 19.1. The van der Waals surface area contributed by atoms with Crippen LogP contribution in [-0.4, -0.2) is 19.1 Å². The van der Waals surface area contributed by atoms with Gasteiger partial charge in [-0.15, -0.1) is 0 Å². The molecule has 3 rings (SSSR count). The lowest BCUT2D eigenvalue weighted by Crippen LogP contribution is -2.30. The van der Waals surface area contributed by atoms with Crippen molar-refractivity contribution in [3.05, 3.63) is 78.9 Å². The van der Waals surface area contributed by atoms with Crippen LogP contribution in [0.25, 0.3) is 0 Å². The Balaban J connectivity index is 1.68. The minimum absolute atomic E-state index is 0.276. The highest BCUT2D eigenvalue weighted by atomic mass is 16.5. The van der Waals surface area contributed by atoms with Crippen molar-refractivity contribution >= 4 is 11.6 Å². The Labute approximate surface area is 158 Å². The second-order valence-electron chi connectivity index (χ2n) is 5.84. The Kier molecular flexibility index (Phi) is 5.94. The van der Waals surface area contributed by atoms with Crippen LogP contribution in [-0.2, 0) is 4.79 Å². The first-order valence-corrected chi connectivity index (χ1v) is 8.59. The van der Waals surface area contributed by atoms with Gasteiger partial charge in [0, 0.05) is 6.07 Å². The molecule has 0 fully saturated rings. The molecule has 0 saturated heterocycles. The maximum atomic E-state index is 12.6. The number of amides is 1. The number of ether oxygens (including phenoxy) is 3. The molecule has 0 aliphatic carbocycles. The number of anilines is 1. The lowest BCUT2D eigenvalue weighted by atomic mass is 10.2. The van der Waals surface area contributed by atoms with Crippen molar-refractivity contribution < 1.29 is 19.0 Å². The number of nitrogens with one attached hydrogen (secondary N) is 1. The van der Waals surface area contributed by atoms with Crippen molar-refractivity contribution in [2.24, 2.45) is 0 Å². The standard InChI is InChI=1S/C22H21NO4/c1-16(26-19-12-8-11-18(15-19)25-2)22(24)23-20-13-6-7-14-21(20)27-17-9-4-3-5-10-17/h3-16H,1-2H3,(H,23,24)/t16-/m0/s1. The Bertz CT molecular complexity index is 896. The molecule has 0 aliphatic heterocycles. The third-order valence-electron chi connectivity index (χ3n) is 3.84. The summed E-state index contributed by atoms with van der Waals surface area (Å²) in [4.78, 5) is 12.6. The third kappa shape index (κ3) is 5.01. The molecule has 0 heterocycles. The van der Waals surface area contributed by atoms with Crippen LogP contribution >= 0.6 is 0 Å². The first kappa shape index (κ1) is 18.3. The highest BCUT2D eigenvalue weighted by Gasteiger charge is 2.17. The summed E-state index contributed by atoms with van der Waals surface area (Å²) in [6.07, 6.45) is -0.693. The van der Waals surface area contributed by atoms with Gasteiger partial charge in [-0.1, -0.05) is 36.4 Å². The fourth-order valence-corrected chi connectivity index (χ4v) is 2.44. The van der Waals surface area contributed by atoms with E-state index in [4.69, 9.17) is 14.2 Å². The van der Waals surface area contributed by atoms with Crippen LogP contribution in [0.4, 0.5) is 5.69 Å². The summed E-state index contributed by atoms with van der Waals surface area (Å²) in [5.41, 5.74) is 0.576. The fourth-order valence-electron chi connectivity index (χ4n) is 2.44. The summed E-state index contributed by atoms with van der Waals surface area (Å²) in [5, 5.41) is 2.86. The third-order valence-corrected chi connectivity index (χ3v) is 3.84. The van der Waals surface area contributed by atoms with E-state index < -0.39 is 6.10 Å². The van der Waals surface area contributed by atoms with Crippen molar-refractivity contribution in [2.75, 3.05) is 12.4 Å². The van der Waals surface area contributed by atoms with Gasteiger partial charge in [0.05, 0.1) is 12.8 Å². The molecule has 1 N–H and O–H groups in total. The molecule has 27 heavy (non-hydrogen) atoms. The fraction of sp³-hybridized carbons (Fsp3) is 0.136.